The third-order valence-corrected chi connectivity index (χ3v) is 6.58. The second-order valence-electron chi connectivity index (χ2n) is 4.43. The number of hydrogen-bond acceptors (Lipinski definition) is 4. The number of hydrogen-bond donors (Lipinski definition) is 2. The van der Waals surface area contributed by atoms with Gasteiger partial charge < -0.3 is 5.73 Å². The molecule has 0 aromatic heterocycles. The lowest BCUT2D eigenvalue weighted by molar-refractivity contribution is 0.522. The molecule has 5 nitrogen and oxygen atoms in total. The molecule has 1 aliphatic heterocycles. The first kappa shape index (κ1) is 15.0. The average molecular weight is 367 g/mol. The summed E-state index contributed by atoms with van der Waals surface area (Å²) in [5, 5.41) is 0. The maximum Gasteiger partial charge on any atom is 0.240 e. The van der Waals surface area contributed by atoms with Gasteiger partial charge in [0.2, 0.25) is 10.0 Å². The monoisotopic (exact) mass is 366 g/mol. The first-order valence-electron chi connectivity index (χ1n) is 5.81. The van der Waals surface area contributed by atoms with Crippen molar-refractivity contribution in [3.63, 3.8) is 0 Å². The molecule has 0 saturated carbocycles. The molecule has 8 heteroatoms. The fourth-order valence-electron chi connectivity index (χ4n) is 1.87. The molecule has 3 N–H and O–H groups in total. The van der Waals surface area contributed by atoms with Crippen LogP contribution in [0.1, 0.15) is 12.8 Å². The standard InChI is InChI=1S/C11H15BrN2O3S2/c12-10-7-9(1-2-11(10)13)19(16,17)14-8-3-5-18(15)6-4-8/h1-2,7-8,14H,3-6,13H2. The van der Waals surface area contributed by atoms with Crippen molar-refractivity contribution in [3.05, 3.63) is 22.7 Å². The van der Waals surface area contributed by atoms with Gasteiger partial charge in [-0.1, -0.05) is 0 Å². The Hall–Kier alpha value is -0.440. The van der Waals surface area contributed by atoms with E-state index in [1.54, 1.807) is 6.07 Å². The highest BCUT2D eigenvalue weighted by atomic mass is 79.9. The van der Waals surface area contributed by atoms with Gasteiger partial charge in [-0.2, -0.15) is 0 Å². The molecule has 1 aromatic carbocycles. The van der Waals surface area contributed by atoms with Crippen LogP contribution in [0.15, 0.2) is 27.6 Å². The summed E-state index contributed by atoms with van der Waals surface area (Å²) in [6.45, 7) is 0. The molecule has 1 aliphatic rings. The van der Waals surface area contributed by atoms with Gasteiger partial charge in [0.1, 0.15) is 0 Å². The largest absolute Gasteiger partial charge is 0.398 e. The summed E-state index contributed by atoms with van der Waals surface area (Å²) in [4.78, 5) is 0.181. The van der Waals surface area contributed by atoms with Crippen LogP contribution >= 0.6 is 15.9 Å². The molecule has 1 aromatic rings. The van der Waals surface area contributed by atoms with Crippen LogP contribution in [0, 0.1) is 0 Å². The zero-order chi connectivity index (χ0) is 14.0. The van der Waals surface area contributed by atoms with Crippen molar-refractivity contribution < 1.29 is 12.6 Å². The lowest BCUT2D eigenvalue weighted by Crippen LogP contribution is -2.39. The van der Waals surface area contributed by atoms with Crippen molar-refractivity contribution in [1.29, 1.82) is 0 Å². The highest BCUT2D eigenvalue weighted by molar-refractivity contribution is 9.10. The number of nitrogens with one attached hydrogen (secondary N) is 1. The van der Waals surface area contributed by atoms with Crippen molar-refractivity contribution in [2.45, 2.75) is 23.8 Å². The molecule has 2 rings (SSSR count). The van der Waals surface area contributed by atoms with Gasteiger partial charge in [-0.25, -0.2) is 13.1 Å². The molecule has 1 fully saturated rings. The fraction of sp³-hybridized carbons (Fsp3) is 0.455. The number of halogens is 1. The Labute approximate surface area is 123 Å². The lowest BCUT2D eigenvalue weighted by Gasteiger charge is -2.22. The molecule has 106 valence electrons. The van der Waals surface area contributed by atoms with Crippen LogP contribution in [0.2, 0.25) is 0 Å². The molecule has 0 unspecified atom stereocenters. The van der Waals surface area contributed by atoms with Crippen LogP contribution in [-0.2, 0) is 20.8 Å². The van der Waals surface area contributed by atoms with Crippen molar-refractivity contribution in [2.75, 3.05) is 17.2 Å². The molecule has 0 spiro atoms. The maximum absolute atomic E-state index is 12.2. The van der Waals surface area contributed by atoms with Gasteiger partial charge in [-0.3, -0.25) is 4.21 Å². The summed E-state index contributed by atoms with van der Waals surface area (Å²) in [5.41, 5.74) is 6.13. The van der Waals surface area contributed by atoms with Crippen LogP contribution < -0.4 is 10.5 Å². The Bertz CT molecular complexity index is 594. The zero-order valence-electron chi connectivity index (χ0n) is 10.1. The Morgan fingerprint density at radius 3 is 2.53 bits per heavy atom. The molecule has 0 bridgehead atoms. The number of anilines is 1. The molecule has 0 aliphatic carbocycles. The van der Waals surface area contributed by atoms with Crippen LogP contribution in [0.3, 0.4) is 0 Å². The van der Waals surface area contributed by atoms with Crippen LogP contribution in [0.25, 0.3) is 0 Å². The quantitative estimate of drug-likeness (QED) is 0.787. The highest BCUT2D eigenvalue weighted by Crippen LogP contribution is 2.23. The average Bonchev–Trinajstić information content (AvgIpc) is 2.35. The topological polar surface area (TPSA) is 89.3 Å². The molecule has 1 saturated heterocycles. The van der Waals surface area contributed by atoms with Crippen molar-refractivity contribution in [2.24, 2.45) is 0 Å². The first-order chi connectivity index (χ1) is 8.88. The van der Waals surface area contributed by atoms with Gasteiger partial charge >= 0.3 is 0 Å². The fourth-order valence-corrected chi connectivity index (χ4v) is 5.03. The van der Waals surface area contributed by atoms with E-state index in [9.17, 15) is 12.6 Å². The van der Waals surface area contributed by atoms with Crippen LogP contribution in [0.5, 0.6) is 0 Å². The lowest BCUT2D eigenvalue weighted by atomic mass is 10.2. The number of nitrogens with two attached hydrogens (primary N) is 1. The summed E-state index contributed by atoms with van der Waals surface area (Å²) >= 11 is 3.21. The van der Waals surface area contributed by atoms with Crippen LogP contribution in [-0.4, -0.2) is 30.2 Å². The van der Waals surface area contributed by atoms with E-state index in [2.05, 4.69) is 20.7 Å². The van der Waals surface area contributed by atoms with Crippen molar-refractivity contribution in [3.8, 4) is 0 Å². The van der Waals surface area contributed by atoms with E-state index in [0.717, 1.165) is 0 Å². The number of sulfonamides is 1. The number of benzene rings is 1. The van der Waals surface area contributed by atoms with Gasteiger partial charge in [0, 0.05) is 38.5 Å². The molecule has 0 amide bonds. The van der Waals surface area contributed by atoms with E-state index in [0.29, 0.717) is 34.5 Å². The smallest absolute Gasteiger partial charge is 0.240 e. The Morgan fingerprint density at radius 2 is 1.95 bits per heavy atom. The van der Waals surface area contributed by atoms with Gasteiger partial charge in [0.05, 0.1) is 4.90 Å². The SMILES string of the molecule is Nc1ccc(S(=O)(=O)NC2CCS(=O)CC2)cc1Br. The third-order valence-electron chi connectivity index (χ3n) is 2.99. The minimum atomic E-state index is -3.55. The van der Waals surface area contributed by atoms with E-state index in [1.807, 2.05) is 0 Å². The summed E-state index contributed by atoms with van der Waals surface area (Å²) in [7, 11) is -4.35. The second kappa shape index (κ2) is 5.90. The predicted molar refractivity (Wildman–Crippen MR) is 79.8 cm³/mol. The number of rotatable bonds is 3. The molecular formula is C11H15BrN2O3S2. The van der Waals surface area contributed by atoms with E-state index in [-0.39, 0.29) is 10.9 Å². The van der Waals surface area contributed by atoms with Crippen molar-refractivity contribution in [1.82, 2.24) is 4.72 Å². The Balaban J connectivity index is 2.13. The minimum absolute atomic E-state index is 0.140. The molecule has 1 heterocycles. The van der Waals surface area contributed by atoms with Gasteiger partial charge in [0.15, 0.2) is 0 Å². The molecule has 0 atom stereocenters. The first-order valence-corrected chi connectivity index (χ1v) is 9.57. The predicted octanol–water partition coefficient (Wildman–Crippen LogP) is 1.22. The zero-order valence-corrected chi connectivity index (χ0v) is 13.4. The van der Waals surface area contributed by atoms with E-state index in [1.165, 1.54) is 12.1 Å². The van der Waals surface area contributed by atoms with Crippen molar-refractivity contribution >= 4 is 42.4 Å². The molecular weight excluding hydrogens is 352 g/mol. The third kappa shape index (κ3) is 3.77. The summed E-state index contributed by atoms with van der Waals surface area (Å²) in [6, 6.07) is 4.37. The summed E-state index contributed by atoms with van der Waals surface area (Å²) in [6.07, 6.45) is 1.23. The summed E-state index contributed by atoms with van der Waals surface area (Å²) in [5.74, 6) is 1.11. The van der Waals surface area contributed by atoms with Gasteiger partial charge in [0.25, 0.3) is 0 Å². The Morgan fingerprint density at radius 1 is 1.32 bits per heavy atom. The molecule has 0 radical (unpaired) electrons. The summed E-state index contributed by atoms with van der Waals surface area (Å²) < 4.78 is 38.8. The Kier molecular flexibility index (Phi) is 4.65. The van der Waals surface area contributed by atoms with E-state index >= 15 is 0 Å². The van der Waals surface area contributed by atoms with E-state index in [4.69, 9.17) is 5.73 Å². The number of nitrogen functional groups attached to an aromatic ring is 1. The van der Waals surface area contributed by atoms with E-state index < -0.39 is 20.8 Å². The maximum atomic E-state index is 12.2. The second-order valence-corrected chi connectivity index (χ2v) is 8.69. The highest BCUT2D eigenvalue weighted by Gasteiger charge is 2.24. The minimum Gasteiger partial charge on any atom is -0.398 e. The van der Waals surface area contributed by atoms with Gasteiger partial charge in [-0.05, 0) is 47.0 Å². The van der Waals surface area contributed by atoms with Crippen LogP contribution in [0.4, 0.5) is 5.69 Å². The normalized spacial score (nSPS) is 24.3. The molecule has 19 heavy (non-hydrogen) atoms. The van der Waals surface area contributed by atoms with Gasteiger partial charge in [-0.15, -0.1) is 0 Å².